The number of rotatable bonds is 8. The summed E-state index contributed by atoms with van der Waals surface area (Å²) in [7, 11) is 0. The van der Waals surface area contributed by atoms with E-state index in [4.69, 9.17) is 4.74 Å². The molecule has 0 aromatic heterocycles. The minimum Gasteiger partial charge on any atom is -0.444 e. The fraction of sp³-hybridized carbons (Fsp3) is 0.800. The summed E-state index contributed by atoms with van der Waals surface area (Å²) in [4.78, 5) is 18.2. The SMILES string of the molecule is CCN=C/C=C(\CC)CCCSC1CCN(C(=O)OC(C)(C)C)CC1. The minimum absolute atomic E-state index is 0.164. The average molecular weight is 369 g/mol. The zero-order valence-electron chi connectivity index (χ0n) is 16.7. The van der Waals surface area contributed by atoms with Crippen LogP contribution in [0.2, 0.25) is 0 Å². The van der Waals surface area contributed by atoms with Gasteiger partial charge in [-0.3, -0.25) is 4.99 Å². The summed E-state index contributed by atoms with van der Waals surface area (Å²) in [5, 5.41) is 0.675. The van der Waals surface area contributed by atoms with Crippen molar-refractivity contribution in [3.05, 3.63) is 11.6 Å². The Balaban J connectivity index is 2.21. The number of ether oxygens (including phenoxy) is 1. The van der Waals surface area contributed by atoms with Crippen LogP contribution < -0.4 is 0 Å². The van der Waals surface area contributed by atoms with Crippen LogP contribution in [-0.4, -0.2) is 53.4 Å². The molecule has 25 heavy (non-hydrogen) atoms. The normalized spacial score (nSPS) is 17.3. The van der Waals surface area contributed by atoms with Crippen LogP contribution in [0.25, 0.3) is 0 Å². The molecule has 0 bridgehead atoms. The maximum absolute atomic E-state index is 12.1. The molecule has 0 radical (unpaired) electrons. The number of amides is 1. The van der Waals surface area contributed by atoms with Crippen LogP contribution in [-0.2, 0) is 4.74 Å². The third-order valence-electron chi connectivity index (χ3n) is 4.14. The van der Waals surface area contributed by atoms with Gasteiger partial charge in [0.25, 0.3) is 0 Å². The molecule has 1 rings (SSSR count). The lowest BCUT2D eigenvalue weighted by Crippen LogP contribution is -2.42. The van der Waals surface area contributed by atoms with E-state index >= 15 is 0 Å². The van der Waals surface area contributed by atoms with Gasteiger partial charge >= 0.3 is 6.09 Å². The minimum atomic E-state index is -0.408. The Bertz CT molecular complexity index is 447. The Morgan fingerprint density at radius 3 is 2.52 bits per heavy atom. The summed E-state index contributed by atoms with van der Waals surface area (Å²) >= 11 is 2.07. The Hall–Kier alpha value is -0.970. The summed E-state index contributed by atoms with van der Waals surface area (Å²) in [5.41, 5.74) is 1.08. The lowest BCUT2D eigenvalue weighted by molar-refractivity contribution is 0.0219. The number of likely N-dealkylation sites (tertiary alicyclic amines) is 1. The fourth-order valence-corrected chi connectivity index (χ4v) is 3.91. The molecule has 1 aliphatic heterocycles. The standard InChI is InChI=1S/C20H36N2O2S/c1-6-17(10-13-21-7-2)9-8-16-25-18-11-14-22(15-12-18)19(23)24-20(3,4)5/h10,13,18H,6-9,11-12,14-16H2,1-5H3/b17-10+,21-13?. The van der Waals surface area contributed by atoms with E-state index < -0.39 is 5.60 Å². The lowest BCUT2D eigenvalue weighted by Gasteiger charge is -2.33. The molecule has 0 aromatic rings. The van der Waals surface area contributed by atoms with Crippen LogP contribution >= 0.6 is 11.8 Å². The molecule has 144 valence electrons. The molecule has 5 heteroatoms. The lowest BCUT2D eigenvalue weighted by atomic mass is 10.1. The van der Waals surface area contributed by atoms with E-state index in [0.29, 0.717) is 5.25 Å². The van der Waals surface area contributed by atoms with Gasteiger partial charge in [-0.25, -0.2) is 4.79 Å². The van der Waals surface area contributed by atoms with Crippen molar-refractivity contribution in [3.63, 3.8) is 0 Å². The second-order valence-electron chi connectivity index (χ2n) is 7.47. The van der Waals surface area contributed by atoms with Crippen molar-refractivity contribution in [1.29, 1.82) is 0 Å². The average Bonchev–Trinajstić information content (AvgIpc) is 2.56. The monoisotopic (exact) mass is 368 g/mol. The predicted octanol–water partition coefficient (Wildman–Crippen LogP) is 5.33. The van der Waals surface area contributed by atoms with Crippen molar-refractivity contribution in [3.8, 4) is 0 Å². The Morgan fingerprint density at radius 2 is 1.96 bits per heavy atom. The first-order chi connectivity index (χ1) is 11.9. The van der Waals surface area contributed by atoms with Crippen molar-refractivity contribution < 1.29 is 9.53 Å². The number of aliphatic imine (C=N–C) groups is 1. The van der Waals surface area contributed by atoms with Gasteiger partial charge in [0, 0.05) is 31.1 Å². The highest BCUT2D eigenvalue weighted by Gasteiger charge is 2.26. The summed E-state index contributed by atoms with van der Waals surface area (Å²) in [6.45, 7) is 12.5. The van der Waals surface area contributed by atoms with Gasteiger partial charge in [-0.2, -0.15) is 11.8 Å². The highest BCUT2D eigenvalue weighted by Crippen LogP contribution is 2.26. The van der Waals surface area contributed by atoms with Gasteiger partial charge < -0.3 is 9.64 Å². The molecule has 0 N–H and O–H groups in total. The summed E-state index contributed by atoms with van der Waals surface area (Å²) < 4.78 is 5.45. The molecule has 0 aliphatic carbocycles. The Morgan fingerprint density at radius 1 is 1.28 bits per heavy atom. The maximum Gasteiger partial charge on any atom is 0.410 e. The van der Waals surface area contributed by atoms with E-state index in [1.807, 2.05) is 31.9 Å². The number of hydrogen-bond donors (Lipinski definition) is 0. The Labute approximate surface area is 158 Å². The molecule has 1 heterocycles. The van der Waals surface area contributed by atoms with Crippen molar-refractivity contribution in [1.82, 2.24) is 4.90 Å². The van der Waals surface area contributed by atoms with Crippen LogP contribution in [0, 0.1) is 0 Å². The first kappa shape index (κ1) is 22.1. The number of piperidine rings is 1. The van der Waals surface area contributed by atoms with Gasteiger partial charge in [0.05, 0.1) is 0 Å². The zero-order chi connectivity index (χ0) is 18.7. The molecule has 1 fully saturated rings. The first-order valence-corrected chi connectivity index (χ1v) is 10.7. The number of thioether (sulfide) groups is 1. The van der Waals surface area contributed by atoms with Crippen LogP contribution in [0.4, 0.5) is 4.79 Å². The van der Waals surface area contributed by atoms with E-state index in [2.05, 4.69) is 36.7 Å². The molecular formula is C20H36N2O2S. The van der Waals surface area contributed by atoms with Crippen molar-refractivity contribution in [2.45, 2.75) is 77.6 Å². The third-order valence-corrected chi connectivity index (χ3v) is 5.61. The molecule has 0 unspecified atom stereocenters. The van der Waals surface area contributed by atoms with Gasteiger partial charge in [-0.05, 0) is 71.6 Å². The zero-order valence-corrected chi connectivity index (χ0v) is 17.5. The second-order valence-corrected chi connectivity index (χ2v) is 8.88. The van der Waals surface area contributed by atoms with Crippen LogP contribution in [0.5, 0.6) is 0 Å². The predicted molar refractivity (Wildman–Crippen MR) is 110 cm³/mol. The van der Waals surface area contributed by atoms with Crippen molar-refractivity contribution in [2.75, 3.05) is 25.4 Å². The molecule has 1 amide bonds. The Kier molecular flexibility index (Phi) is 10.2. The van der Waals surface area contributed by atoms with Gasteiger partial charge in [0.2, 0.25) is 0 Å². The number of allylic oxidation sites excluding steroid dienone is 2. The van der Waals surface area contributed by atoms with E-state index in [1.54, 1.807) is 0 Å². The summed E-state index contributed by atoms with van der Waals surface area (Å²) in [5.74, 6) is 1.19. The van der Waals surface area contributed by atoms with E-state index in [1.165, 1.54) is 17.7 Å². The van der Waals surface area contributed by atoms with Crippen LogP contribution in [0.15, 0.2) is 16.6 Å². The molecule has 4 nitrogen and oxygen atoms in total. The smallest absolute Gasteiger partial charge is 0.410 e. The quantitative estimate of drug-likeness (QED) is 0.430. The number of carbonyl (C=O) groups excluding carboxylic acids is 1. The van der Waals surface area contributed by atoms with Gasteiger partial charge in [0.1, 0.15) is 5.60 Å². The highest BCUT2D eigenvalue weighted by atomic mass is 32.2. The van der Waals surface area contributed by atoms with E-state index in [-0.39, 0.29) is 6.09 Å². The highest BCUT2D eigenvalue weighted by molar-refractivity contribution is 7.99. The summed E-state index contributed by atoms with van der Waals surface area (Å²) in [6, 6.07) is 0. The maximum atomic E-state index is 12.1. The van der Waals surface area contributed by atoms with Crippen LogP contribution in [0.1, 0.15) is 66.7 Å². The third kappa shape index (κ3) is 9.93. The largest absolute Gasteiger partial charge is 0.444 e. The second kappa shape index (κ2) is 11.6. The molecule has 0 saturated carbocycles. The molecule has 0 atom stereocenters. The van der Waals surface area contributed by atoms with Crippen LogP contribution in [0.3, 0.4) is 0 Å². The topological polar surface area (TPSA) is 41.9 Å². The number of nitrogens with zero attached hydrogens (tertiary/aromatic N) is 2. The fourth-order valence-electron chi connectivity index (χ4n) is 2.72. The molecular weight excluding hydrogens is 332 g/mol. The molecule has 0 spiro atoms. The van der Waals surface area contributed by atoms with E-state index in [9.17, 15) is 4.79 Å². The summed E-state index contributed by atoms with van der Waals surface area (Å²) in [6.07, 6.45) is 9.59. The molecule has 1 saturated heterocycles. The van der Waals surface area contributed by atoms with Crippen molar-refractivity contribution in [2.24, 2.45) is 4.99 Å². The van der Waals surface area contributed by atoms with Gasteiger partial charge in [-0.1, -0.05) is 12.5 Å². The number of carbonyl (C=O) groups is 1. The van der Waals surface area contributed by atoms with Crippen molar-refractivity contribution >= 4 is 24.1 Å². The van der Waals surface area contributed by atoms with Gasteiger partial charge in [-0.15, -0.1) is 0 Å². The number of hydrogen-bond acceptors (Lipinski definition) is 4. The van der Waals surface area contributed by atoms with E-state index in [0.717, 1.165) is 45.3 Å². The first-order valence-electron chi connectivity index (χ1n) is 9.63. The molecule has 0 aromatic carbocycles. The van der Waals surface area contributed by atoms with Gasteiger partial charge in [0.15, 0.2) is 0 Å². The molecule has 1 aliphatic rings.